The molecule has 0 radical (unpaired) electrons. The van der Waals surface area contributed by atoms with E-state index in [9.17, 15) is 14.4 Å². The Morgan fingerprint density at radius 1 is 1.03 bits per heavy atom. The standard InChI is InChI=1S/C25H25NO4/c1-16(23(28)17-9-12-20(13-10-17)25(2,3)4)30-22(27)14-11-19-15-18-7-5-6-8-21(18)26-24(19)29/h5-16H,1-4H3,(H,26,29)/b14-11+. The number of pyridine rings is 1. The van der Waals surface area contributed by atoms with Crippen LogP contribution in [0.4, 0.5) is 0 Å². The van der Waals surface area contributed by atoms with E-state index < -0.39 is 12.1 Å². The first kappa shape index (κ1) is 21.2. The van der Waals surface area contributed by atoms with Crippen molar-refractivity contribution >= 4 is 28.7 Å². The van der Waals surface area contributed by atoms with E-state index in [0.717, 1.165) is 22.5 Å². The number of para-hydroxylation sites is 1. The molecule has 154 valence electrons. The number of rotatable bonds is 5. The second-order valence-electron chi connectivity index (χ2n) is 8.25. The van der Waals surface area contributed by atoms with Gasteiger partial charge in [0, 0.05) is 22.7 Å². The van der Waals surface area contributed by atoms with Crippen LogP contribution in [0.15, 0.2) is 65.5 Å². The maximum atomic E-state index is 12.6. The normalized spacial score (nSPS) is 12.8. The quantitative estimate of drug-likeness (QED) is 0.382. The highest BCUT2D eigenvalue weighted by Crippen LogP contribution is 2.22. The lowest BCUT2D eigenvalue weighted by Crippen LogP contribution is -2.23. The van der Waals surface area contributed by atoms with Gasteiger partial charge in [-0.25, -0.2) is 4.79 Å². The molecule has 2 aromatic carbocycles. The number of H-pyrrole nitrogens is 1. The van der Waals surface area contributed by atoms with Crippen LogP contribution in [0.25, 0.3) is 17.0 Å². The third-order valence-corrected chi connectivity index (χ3v) is 4.88. The molecule has 0 aliphatic heterocycles. The fourth-order valence-electron chi connectivity index (χ4n) is 3.08. The van der Waals surface area contributed by atoms with Gasteiger partial charge in [0.25, 0.3) is 5.56 Å². The first-order valence-corrected chi connectivity index (χ1v) is 9.80. The SMILES string of the molecule is CC(OC(=O)/C=C/c1cc2ccccc2[nH]c1=O)C(=O)c1ccc(C(C)(C)C)cc1. The van der Waals surface area contributed by atoms with E-state index in [1.54, 1.807) is 24.3 Å². The molecule has 1 heterocycles. The number of hydrogen-bond donors (Lipinski definition) is 1. The zero-order chi connectivity index (χ0) is 21.9. The second kappa shape index (κ2) is 8.49. The van der Waals surface area contributed by atoms with Gasteiger partial charge in [-0.1, -0.05) is 63.2 Å². The molecule has 0 amide bonds. The summed E-state index contributed by atoms with van der Waals surface area (Å²) < 4.78 is 5.23. The number of ether oxygens (including phenoxy) is 1. The summed E-state index contributed by atoms with van der Waals surface area (Å²) in [5.74, 6) is -0.963. The third-order valence-electron chi connectivity index (χ3n) is 4.88. The number of aromatic nitrogens is 1. The molecule has 3 rings (SSSR count). The minimum Gasteiger partial charge on any atom is -0.451 e. The lowest BCUT2D eigenvalue weighted by atomic mass is 9.86. The zero-order valence-corrected chi connectivity index (χ0v) is 17.6. The Hall–Kier alpha value is -3.47. The van der Waals surface area contributed by atoms with Gasteiger partial charge in [0.1, 0.15) is 0 Å². The average molecular weight is 403 g/mol. The van der Waals surface area contributed by atoms with Crippen LogP contribution in [0.5, 0.6) is 0 Å². The van der Waals surface area contributed by atoms with E-state index in [0.29, 0.717) is 11.1 Å². The van der Waals surface area contributed by atoms with Crippen LogP contribution in [0.2, 0.25) is 0 Å². The van der Waals surface area contributed by atoms with Gasteiger partial charge >= 0.3 is 5.97 Å². The summed E-state index contributed by atoms with van der Waals surface area (Å²) in [6, 6.07) is 16.4. The molecule has 0 saturated heterocycles. The van der Waals surface area contributed by atoms with E-state index in [1.807, 2.05) is 30.3 Å². The Kier molecular flexibility index (Phi) is 6.01. The molecular formula is C25H25NO4. The van der Waals surface area contributed by atoms with Gasteiger partial charge in [0.15, 0.2) is 6.10 Å². The molecule has 0 bridgehead atoms. The predicted molar refractivity (Wildman–Crippen MR) is 119 cm³/mol. The zero-order valence-electron chi connectivity index (χ0n) is 17.6. The predicted octanol–water partition coefficient (Wildman–Crippen LogP) is 4.65. The van der Waals surface area contributed by atoms with Crippen LogP contribution < -0.4 is 5.56 Å². The first-order valence-electron chi connectivity index (χ1n) is 9.80. The van der Waals surface area contributed by atoms with E-state index in [1.165, 1.54) is 13.0 Å². The van der Waals surface area contributed by atoms with Crippen LogP contribution in [-0.2, 0) is 14.9 Å². The van der Waals surface area contributed by atoms with Crippen LogP contribution in [0.3, 0.4) is 0 Å². The first-order chi connectivity index (χ1) is 14.1. The largest absolute Gasteiger partial charge is 0.451 e. The van der Waals surface area contributed by atoms with Gasteiger partial charge < -0.3 is 9.72 Å². The smallest absolute Gasteiger partial charge is 0.331 e. The van der Waals surface area contributed by atoms with Crippen molar-refractivity contribution in [3.63, 3.8) is 0 Å². The van der Waals surface area contributed by atoms with Gasteiger partial charge in [0.2, 0.25) is 5.78 Å². The van der Waals surface area contributed by atoms with Crippen molar-refractivity contribution in [2.75, 3.05) is 0 Å². The van der Waals surface area contributed by atoms with Gasteiger partial charge in [-0.05, 0) is 41.5 Å². The molecule has 1 atom stereocenters. The van der Waals surface area contributed by atoms with E-state index in [2.05, 4.69) is 25.8 Å². The number of hydrogen-bond acceptors (Lipinski definition) is 4. The number of ketones is 1. The summed E-state index contributed by atoms with van der Waals surface area (Å²) in [6.45, 7) is 7.83. The Morgan fingerprint density at radius 2 is 1.70 bits per heavy atom. The molecule has 0 spiro atoms. The van der Waals surface area contributed by atoms with Crippen molar-refractivity contribution in [3.8, 4) is 0 Å². The maximum absolute atomic E-state index is 12.6. The molecule has 1 aromatic heterocycles. The highest BCUT2D eigenvalue weighted by atomic mass is 16.5. The van der Waals surface area contributed by atoms with Crippen molar-refractivity contribution < 1.29 is 14.3 Å². The molecule has 0 aliphatic rings. The molecule has 1 unspecified atom stereocenters. The van der Waals surface area contributed by atoms with Crippen LogP contribution in [-0.4, -0.2) is 22.8 Å². The minimum absolute atomic E-state index is 0.00887. The van der Waals surface area contributed by atoms with Crippen LogP contribution >= 0.6 is 0 Å². The molecule has 5 heteroatoms. The van der Waals surface area contributed by atoms with Crippen LogP contribution in [0, 0.1) is 0 Å². The summed E-state index contributed by atoms with van der Waals surface area (Å²) in [5, 5.41) is 0.854. The number of nitrogens with one attached hydrogen (secondary N) is 1. The molecule has 0 saturated carbocycles. The van der Waals surface area contributed by atoms with Gasteiger partial charge in [0.05, 0.1) is 0 Å². The molecule has 0 aliphatic carbocycles. The summed E-state index contributed by atoms with van der Waals surface area (Å²) in [6.07, 6.45) is 1.62. The number of benzene rings is 2. The maximum Gasteiger partial charge on any atom is 0.331 e. The molecule has 1 N–H and O–H groups in total. The summed E-state index contributed by atoms with van der Waals surface area (Å²) in [7, 11) is 0. The van der Waals surface area contributed by atoms with Crippen molar-refractivity contribution in [3.05, 3.63) is 87.7 Å². The van der Waals surface area contributed by atoms with Crippen LogP contribution in [0.1, 0.15) is 49.2 Å². The number of carbonyl (C=O) groups excluding carboxylic acids is 2. The van der Waals surface area contributed by atoms with E-state index in [4.69, 9.17) is 4.74 Å². The highest BCUT2D eigenvalue weighted by molar-refractivity contribution is 6.01. The Balaban J connectivity index is 1.67. The molecule has 5 nitrogen and oxygen atoms in total. The van der Waals surface area contributed by atoms with Gasteiger partial charge in [-0.2, -0.15) is 0 Å². The molecule has 3 aromatic rings. The second-order valence-corrected chi connectivity index (χ2v) is 8.25. The number of carbonyl (C=O) groups is 2. The minimum atomic E-state index is -0.933. The lowest BCUT2D eigenvalue weighted by molar-refractivity contribution is -0.140. The Bertz CT molecular complexity index is 1160. The number of fused-ring (bicyclic) bond motifs is 1. The van der Waals surface area contributed by atoms with Crippen molar-refractivity contribution in [1.29, 1.82) is 0 Å². The number of aromatic amines is 1. The topological polar surface area (TPSA) is 76.2 Å². The molecule has 0 fully saturated rings. The van der Waals surface area contributed by atoms with Crippen molar-refractivity contribution in [1.82, 2.24) is 4.98 Å². The van der Waals surface area contributed by atoms with E-state index in [-0.39, 0.29) is 16.8 Å². The Labute approximate surface area is 175 Å². The fourth-order valence-corrected chi connectivity index (χ4v) is 3.08. The Morgan fingerprint density at radius 3 is 2.37 bits per heavy atom. The number of esters is 1. The monoisotopic (exact) mass is 403 g/mol. The lowest BCUT2D eigenvalue weighted by Gasteiger charge is -2.19. The van der Waals surface area contributed by atoms with Crippen molar-refractivity contribution in [2.45, 2.75) is 39.2 Å². The number of Topliss-reactive ketones (excluding diaryl/α,β-unsaturated/α-hetero) is 1. The molecule has 30 heavy (non-hydrogen) atoms. The van der Waals surface area contributed by atoms with Gasteiger partial charge in [-0.15, -0.1) is 0 Å². The fraction of sp³-hybridized carbons (Fsp3) is 0.240. The summed E-state index contributed by atoms with van der Waals surface area (Å²) >= 11 is 0. The van der Waals surface area contributed by atoms with Gasteiger partial charge in [-0.3, -0.25) is 9.59 Å². The summed E-state index contributed by atoms with van der Waals surface area (Å²) in [5.41, 5.74) is 2.35. The third kappa shape index (κ3) is 4.92. The highest BCUT2D eigenvalue weighted by Gasteiger charge is 2.20. The summed E-state index contributed by atoms with van der Waals surface area (Å²) in [4.78, 5) is 39.6. The molecular weight excluding hydrogens is 378 g/mol. The van der Waals surface area contributed by atoms with Crippen molar-refractivity contribution in [2.24, 2.45) is 0 Å². The average Bonchev–Trinajstić information content (AvgIpc) is 2.71. The van der Waals surface area contributed by atoms with E-state index >= 15 is 0 Å².